The van der Waals surface area contributed by atoms with E-state index >= 15 is 0 Å². The molecule has 0 amide bonds. The van der Waals surface area contributed by atoms with E-state index in [1.54, 1.807) is 14.2 Å². The van der Waals surface area contributed by atoms with Crippen molar-refractivity contribution in [3.63, 3.8) is 0 Å². The van der Waals surface area contributed by atoms with E-state index in [2.05, 4.69) is 6.07 Å². The van der Waals surface area contributed by atoms with Gasteiger partial charge in [-0.05, 0) is 30.5 Å². The summed E-state index contributed by atoms with van der Waals surface area (Å²) < 4.78 is 10.5. The molecule has 0 radical (unpaired) electrons. The van der Waals surface area contributed by atoms with Gasteiger partial charge in [0.1, 0.15) is 5.78 Å². The van der Waals surface area contributed by atoms with Crippen molar-refractivity contribution >= 4 is 5.78 Å². The van der Waals surface area contributed by atoms with Gasteiger partial charge in [0.15, 0.2) is 11.5 Å². The van der Waals surface area contributed by atoms with Gasteiger partial charge < -0.3 is 9.47 Å². The average molecular weight is 259 g/mol. The van der Waals surface area contributed by atoms with Crippen LogP contribution in [0.1, 0.15) is 31.2 Å². The quantitative estimate of drug-likeness (QED) is 0.837. The van der Waals surface area contributed by atoms with E-state index in [1.807, 2.05) is 18.2 Å². The van der Waals surface area contributed by atoms with Crippen molar-refractivity contribution in [2.75, 3.05) is 14.2 Å². The monoisotopic (exact) mass is 259 g/mol. The van der Waals surface area contributed by atoms with Crippen LogP contribution in [0.5, 0.6) is 11.5 Å². The summed E-state index contributed by atoms with van der Waals surface area (Å²) in [7, 11) is 3.15. The summed E-state index contributed by atoms with van der Waals surface area (Å²) in [6.45, 7) is 0. The highest BCUT2D eigenvalue weighted by atomic mass is 16.5. The van der Waals surface area contributed by atoms with Gasteiger partial charge in [-0.25, -0.2) is 0 Å². The number of rotatable bonds is 3. The minimum Gasteiger partial charge on any atom is -0.493 e. The molecule has 2 rings (SSSR count). The van der Waals surface area contributed by atoms with Crippen LogP contribution in [0.15, 0.2) is 18.2 Å². The molecular weight excluding hydrogens is 242 g/mol. The maximum atomic E-state index is 11.4. The normalized spacial score (nSPS) is 17.6. The van der Waals surface area contributed by atoms with Gasteiger partial charge in [-0.2, -0.15) is 5.26 Å². The molecule has 19 heavy (non-hydrogen) atoms. The van der Waals surface area contributed by atoms with Crippen LogP contribution in [0.25, 0.3) is 0 Å². The molecule has 1 aliphatic carbocycles. The summed E-state index contributed by atoms with van der Waals surface area (Å²) in [5.41, 5.74) is 0.327. The van der Waals surface area contributed by atoms with E-state index in [9.17, 15) is 10.1 Å². The van der Waals surface area contributed by atoms with Crippen molar-refractivity contribution in [1.82, 2.24) is 0 Å². The fourth-order valence-electron chi connectivity index (χ4n) is 2.55. The fourth-order valence-corrected chi connectivity index (χ4v) is 2.55. The molecule has 1 aromatic rings. The maximum Gasteiger partial charge on any atom is 0.161 e. The Balaban J connectivity index is 2.39. The topological polar surface area (TPSA) is 59.3 Å². The lowest BCUT2D eigenvalue weighted by atomic mass is 9.70. The molecule has 0 aromatic heterocycles. The Hall–Kier alpha value is -2.02. The molecule has 0 unspecified atom stereocenters. The van der Waals surface area contributed by atoms with Crippen molar-refractivity contribution in [3.8, 4) is 17.6 Å². The molecule has 0 atom stereocenters. The van der Waals surface area contributed by atoms with Gasteiger partial charge >= 0.3 is 0 Å². The zero-order valence-corrected chi connectivity index (χ0v) is 11.2. The minimum atomic E-state index is -0.576. The Kier molecular flexibility index (Phi) is 3.75. The van der Waals surface area contributed by atoms with E-state index in [1.165, 1.54) is 0 Å². The highest BCUT2D eigenvalue weighted by Gasteiger charge is 2.37. The largest absolute Gasteiger partial charge is 0.493 e. The van der Waals surface area contributed by atoms with E-state index < -0.39 is 5.41 Å². The molecule has 0 N–H and O–H groups in total. The third kappa shape index (κ3) is 2.41. The van der Waals surface area contributed by atoms with Gasteiger partial charge in [-0.1, -0.05) is 6.07 Å². The predicted molar refractivity (Wildman–Crippen MR) is 70.3 cm³/mol. The molecule has 0 heterocycles. The first-order valence-corrected chi connectivity index (χ1v) is 6.30. The second-order valence-electron chi connectivity index (χ2n) is 4.80. The molecule has 0 aliphatic heterocycles. The number of nitriles is 1. The number of hydrogen-bond donors (Lipinski definition) is 0. The molecule has 1 fully saturated rings. The summed E-state index contributed by atoms with van der Waals surface area (Å²) in [4.78, 5) is 11.4. The second kappa shape index (κ2) is 5.31. The smallest absolute Gasteiger partial charge is 0.161 e. The van der Waals surface area contributed by atoms with Crippen molar-refractivity contribution < 1.29 is 14.3 Å². The van der Waals surface area contributed by atoms with E-state index in [4.69, 9.17) is 9.47 Å². The summed E-state index contributed by atoms with van der Waals surface area (Å²) in [5.74, 6) is 1.50. The number of Topliss-reactive ketones (excluding diaryl/α,β-unsaturated/α-hetero) is 1. The summed E-state index contributed by atoms with van der Waals surface area (Å²) in [6.07, 6.45) is 2.11. The van der Waals surface area contributed by atoms with Crippen LogP contribution in [0, 0.1) is 11.3 Å². The number of hydrogen-bond acceptors (Lipinski definition) is 4. The predicted octanol–water partition coefficient (Wildman–Crippen LogP) is 2.61. The third-order valence-corrected chi connectivity index (χ3v) is 3.81. The fraction of sp³-hybridized carbons (Fsp3) is 0.467. The van der Waals surface area contributed by atoms with Crippen LogP contribution in [0.2, 0.25) is 0 Å². The van der Waals surface area contributed by atoms with Crippen molar-refractivity contribution in [3.05, 3.63) is 23.8 Å². The zero-order chi connectivity index (χ0) is 13.9. The molecule has 4 nitrogen and oxygen atoms in total. The molecule has 1 aromatic carbocycles. The number of benzene rings is 1. The van der Waals surface area contributed by atoms with Crippen molar-refractivity contribution in [2.45, 2.75) is 31.1 Å². The molecule has 1 aliphatic rings. The van der Waals surface area contributed by atoms with Crippen LogP contribution >= 0.6 is 0 Å². The van der Waals surface area contributed by atoms with E-state index in [0.29, 0.717) is 37.2 Å². The zero-order valence-electron chi connectivity index (χ0n) is 11.2. The first-order valence-electron chi connectivity index (χ1n) is 6.30. The number of carbonyl (C=O) groups excluding carboxylic acids is 1. The first kappa shape index (κ1) is 13.4. The van der Waals surface area contributed by atoms with Gasteiger partial charge in [0, 0.05) is 12.8 Å². The molecule has 0 saturated heterocycles. The Morgan fingerprint density at radius 1 is 1.16 bits per heavy atom. The molecule has 100 valence electrons. The second-order valence-corrected chi connectivity index (χ2v) is 4.80. The van der Waals surface area contributed by atoms with Crippen LogP contribution in [0.4, 0.5) is 0 Å². The Bertz CT molecular complexity index is 521. The lowest BCUT2D eigenvalue weighted by Gasteiger charge is -2.30. The minimum absolute atomic E-state index is 0.242. The SMILES string of the molecule is COc1ccc(C2(C#N)CCC(=O)CC2)cc1OC. The maximum absolute atomic E-state index is 11.4. The first-order chi connectivity index (χ1) is 9.15. The van der Waals surface area contributed by atoms with Crippen molar-refractivity contribution in [1.29, 1.82) is 5.26 Å². The summed E-state index contributed by atoms with van der Waals surface area (Å²) in [5, 5.41) is 9.54. The molecular formula is C15H17NO3. The summed E-state index contributed by atoms with van der Waals surface area (Å²) >= 11 is 0. The summed E-state index contributed by atoms with van der Waals surface area (Å²) in [6, 6.07) is 7.94. The van der Waals surface area contributed by atoms with Gasteiger partial charge in [0.2, 0.25) is 0 Å². The van der Waals surface area contributed by atoms with Crippen LogP contribution in [-0.2, 0) is 10.2 Å². The number of ketones is 1. The van der Waals surface area contributed by atoms with Gasteiger partial charge in [0.25, 0.3) is 0 Å². The standard InChI is InChI=1S/C15H17NO3/c1-18-13-4-3-11(9-14(13)19-2)15(10-16)7-5-12(17)6-8-15/h3-4,9H,5-8H2,1-2H3. The van der Waals surface area contributed by atoms with Crippen LogP contribution in [-0.4, -0.2) is 20.0 Å². The van der Waals surface area contributed by atoms with Gasteiger partial charge in [0.05, 0.1) is 25.7 Å². The Labute approximate surface area is 112 Å². The third-order valence-electron chi connectivity index (χ3n) is 3.81. The highest BCUT2D eigenvalue weighted by Crippen LogP contribution is 2.40. The number of methoxy groups -OCH3 is 2. The lowest BCUT2D eigenvalue weighted by molar-refractivity contribution is -0.120. The molecule has 1 saturated carbocycles. The lowest BCUT2D eigenvalue weighted by Crippen LogP contribution is -2.30. The van der Waals surface area contributed by atoms with Crippen LogP contribution < -0.4 is 9.47 Å². The Morgan fingerprint density at radius 2 is 1.79 bits per heavy atom. The van der Waals surface area contributed by atoms with Crippen molar-refractivity contribution in [2.24, 2.45) is 0 Å². The van der Waals surface area contributed by atoms with Gasteiger partial charge in [-0.15, -0.1) is 0 Å². The van der Waals surface area contributed by atoms with E-state index in [-0.39, 0.29) is 5.78 Å². The highest BCUT2D eigenvalue weighted by molar-refractivity contribution is 5.80. The number of ether oxygens (including phenoxy) is 2. The molecule has 0 bridgehead atoms. The van der Waals surface area contributed by atoms with Crippen LogP contribution in [0.3, 0.4) is 0 Å². The Morgan fingerprint density at radius 3 is 2.32 bits per heavy atom. The molecule has 0 spiro atoms. The van der Waals surface area contributed by atoms with E-state index in [0.717, 1.165) is 5.56 Å². The average Bonchev–Trinajstić information content (AvgIpc) is 2.47. The molecule has 4 heteroatoms. The number of carbonyl (C=O) groups is 1. The number of nitrogens with zero attached hydrogens (tertiary/aromatic N) is 1. The van der Waals surface area contributed by atoms with Gasteiger partial charge in [-0.3, -0.25) is 4.79 Å².